The average molecular weight is 378 g/mol. The summed E-state index contributed by atoms with van der Waals surface area (Å²) in [7, 11) is 0. The largest absolute Gasteiger partial charge is 0.462 e. The molecule has 4 nitrogen and oxygen atoms in total. The molecule has 0 aliphatic rings. The number of benzene rings is 2. The predicted octanol–water partition coefficient (Wildman–Crippen LogP) is 5.12. The van der Waals surface area contributed by atoms with Crippen LogP contribution < -0.4 is 5.32 Å². The molecule has 0 fully saturated rings. The number of esters is 1. The van der Waals surface area contributed by atoms with Gasteiger partial charge in [-0.3, -0.25) is 4.79 Å². The maximum absolute atomic E-state index is 13.8. The molecule has 1 N–H and O–H groups in total. The zero-order valence-electron chi connectivity index (χ0n) is 13.1. The Hall–Kier alpha value is -2.44. The first-order valence-corrected chi connectivity index (χ1v) is 8.65. The first kappa shape index (κ1) is 17.4. The molecule has 25 heavy (non-hydrogen) atoms. The Balaban J connectivity index is 1.87. The molecule has 7 heteroatoms. The summed E-state index contributed by atoms with van der Waals surface area (Å²) in [5.74, 6) is -1.71. The number of anilines is 1. The van der Waals surface area contributed by atoms with E-state index in [-0.39, 0.29) is 16.6 Å². The van der Waals surface area contributed by atoms with Gasteiger partial charge in [0.25, 0.3) is 5.91 Å². The number of hydrogen-bond acceptors (Lipinski definition) is 4. The van der Waals surface area contributed by atoms with Gasteiger partial charge in [0.15, 0.2) is 0 Å². The molecule has 0 saturated heterocycles. The van der Waals surface area contributed by atoms with Crippen molar-refractivity contribution in [3.05, 3.63) is 63.7 Å². The molecular weight excluding hydrogens is 365 g/mol. The fraction of sp³-hybridized carbons (Fsp3) is 0.111. The summed E-state index contributed by atoms with van der Waals surface area (Å²) in [4.78, 5) is 24.6. The lowest BCUT2D eigenvalue weighted by atomic mass is 10.2. The van der Waals surface area contributed by atoms with Crippen LogP contribution >= 0.6 is 22.9 Å². The second-order valence-corrected chi connectivity index (χ2v) is 6.63. The monoisotopic (exact) mass is 377 g/mol. The van der Waals surface area contributed by atoms with E-state index in [1.54, 1.807) is 31.2 Å². The topological polar surface area (TPSA) is 55.4 Å². The Kier molecular flexibility index (Phi) is 5.01. The average Bonchev–Trinajstić information content (AvgIpc) is 2.98. The Morgan fingerprint density at radius 3 is 2.76 bits per heavy atom. The van der Waals surface area contributed by atoms with Crippen molar-refractivity contribution in [3.63, 3.8) is 0 Å². The molecule has 3 rings (SSSR count). The smallest absolute Gasteiger partial charge is 0.348 e. The van der Waals surface area contributed by atoms with Crippen molar-refractivity contribution in [2.24, 2.45) is 0 Å². The first-order valence-electron chi connectivity index (χ1n) is 7.45. The second kappa shape index (κ2) is 7.21. The van der Waals surface area contributed by atoms with Crippen LogP contribution in [0, 0.1) is 5.82 Å². The molecule has 0 saturated carbocycles. The SMILES string of the molecule is CCOC(=O)c1cc2cc(NC(=O)c3c(F)cccc3Cl)ccc2s1. The number of amides is 1. The first-order chi connectivity index (χ1) is 12.0. The summed E-state index contributed by atoms with van der Waals surface area (Å²) in [6, 6.07) is 10.9. The highest BCUT2D eigenvalue weighted by Crippen LogP contribution is 2.29. The lowest BCUT2D eigenvalue weighted by molar-refractivity contribution is 0.0532. The van der Waals surface area contributed by atoms with Crippen molar-refractivity contribution in [1.82, 2.24) is 0 Å². The number of rotatable bonds is 4. The van der Waals surface area contributed by atoms with E-state index in [1.807, 2.05) is 0 Å². The molecule has 0 atom stereocenters. The number of carbonyl (C=O) groups excluding carboxylic acids is 2. The number of carbonyl (C=O) groups is 2. The molecule has 0 bridgehead atoms. The van der Waals surface area contributed by atoms with E-state index in [1.165, 1.54) is 29.5 Å². The van der Waals surface area contributed by atoms with Gasteiger partial charge in [-0.15, -0.1) is 11.3 Å². The van der Waals surface area contributed by atoms with E-state index in [2.05, 4.69) is 5.32 Å². The summed E-state index contributed by atoms with van der Waals surface area (Å²) >= 11 is 7.21. The van der Waals surface area contributed by atoms with Crippen molar-refractivity contribution in [3.8, 4) is 0 Å². The van der Waals surface area contributed by atoms with E-state index in [4.69, 9.17) is 16.3 Å². The molecule has 2 aromatic carbocycles. The van der Waals surface area contributed by atoms with Crippen molar-refractivity contribution in [2.45, 2.75) is 6.92 Å². The molecule has 3 aromatic rings. The van der Waals surface area contributed by atoms with Gasteiger partial charge in [0.2, 0.25) is 0 Å². The fourth-order valence-corrected chi connectivity index (χ4v) is 3.52. The zero-order chi connectivity index (χ0) is 18.0. The molecule has 1 aromatic heterocycles. The Morgan fingerprint density at radius 1 is 1.24 bits per heavy atom. The van der Waals surface area contributed by atoms with Crippen LogP contribution in [0.15, 0.2) is 42.5 Å². The highest BCUT2D eigenvalue weighted by molar-refractivity contribution is 7.20. The van der Waals surface area contributed by atoms with E-state index in [0.717, 1.165) is 10.1 Å². The Morgan fingerprint density at radius 2 is 2.04 bits per heavy atom. The zero-order valence-corrected chi connectivity index (χ0v) is 14.7. The van der Waals surface area contributed by atoms with Crippen LogP contribution in [-0.2, 0) is 4.74 Å². The van der Waals surface area contributed by atoms with Gasteiger partial charge < -0.3 is 10.1 Å². The van der Waals surface area contributed by atoms with Gasteiger partial charge in [0, 0.05) is 10.4 Å². The molecule has 1 amide bonds. The van der Waals surface area contributed by atoms with Gasteiger partial charge in [0.05, 0.1) is 17.2 Å². The molecule has 128 valence electrons. The van der Waals surface area contributed by atoms with E-state index >= 15 is 0 Å². The van der Waals surface area contributed by atoms with Gasteiger partial charge >= 0.3 is 5.97 Å². The van der Waals surface area contributed by atoms with E-state index in [9.17, 15) is 14.0 Å². The Labute approximate surface area is 152 Å². The number of thiophene rings is 1. The normalized spacial score (nSPS) is 10.7. The van der Waals surface area contributed by atoms with Crippen molar-refractivity contribution in [1.29, 1.82) is 0 Å². The molecule has 0 aliphatic carbocycles. The number of ether oxygens (including phenoxy) is 1. The van der Waals surface area contributed by atoms with Crippen LogP contribution in [0.5, 0.6) is 0 Å². The Bertz CT molecular complexity index is 950. The quantitative estimate of drug-likeness (QED) is 0.642. The summed E-state index contributed by atoms with van der Waals surface area (Å²) < 4.78 is 19.7. The maximum atomic E-state index is 13.8. The lowest BCUT2D eigenvalue weighted by Gasteiger charge is -2.07. The summed E-state index contributed by atoms with van der Waals surface area (Å²) in [6.45, 7) is 2.05. The number of nitrogens with one attached hydrogen (secondary N) is 1. The molecule has 0 radical (unpaired) electrons. The van der Waals surface area contributed by atoms with Gasteiger partial charge in [0.1, 0.15) is 10.7 Å². The van der Waals surface area contributed by atoms with Crippen LogP contribution in [0.3, 0.4) is 0 Å². The van der Waals surface area contributed by atoms with Crippen LogP contribution in [0.1, 0.15) is 27.0 Å². The lowest BCUT2D eigenvalue weighted by Crippen LogP contribution is -2.14. The summed E-state index contributed by atoms with van der Waals surface area (Å²) in [6.07, 6.45) is 0. The third-order valence-corrected chi connectivity index (χ3v) is 4.85. The predicted molar refractivity (Wildman–Crippen MR) is 97.1 cm³/mol. The van der Waals surface area contributed by atoms with Crippen LogP contribution in [-0.4, -0.2) is 18.5 Å². The van der Waals surface area contributed by atoms with E-state index in [0.29, 0.717) is 17.2 Å². The summed E-state index contributed by atoms with van der Waals surface area (Å²) in [5.41, 5.74) is 0.270. The third-order valence-electron chi connectivity index (χ3n) is 3.44. The van der Waals surface area contributed by atoms with Crippen LogP contribution in [0.4, 0.5) is 10.1 Å². The highest BCUT2D eigenvalue weighted by atomic mass is 35.5. The second-order valence-electron chi connectivity index (χ2n) is 5.13. The number of hydrogen-bond donors (Lipinski definition) is 1. The minimum Gasteiger partial charge on any atom is -0.462 e. The molecule has 0 spiro atoms. The van der Waals surface area contributed by atoms with Crippen LogP contribution in [0.25, 0.3) is 10.1 Å². The number of halogens is 2. The molecular formula is C18H13ClFNO3S. The minimum atomic E-state index is -0.689. The highest BCUT2D eigenvalue weighted by Gasteiger charge is 2.17. The van der Waals surface area contributed by atoms with Crippen LogP contribution in [0.2, 0.25) is 5.02 Å². The van der Waals surface area contributed by atoms with Crippen molar-refractivity contribution >= 4 is 50.6 Å². The minimum absolute atomic E-state index is 0.0405. The van der Waals surface area contributed by atoms with E-state index < -0.39 is 11.7 Å². The van der Waals surface area contributed by atoms with Gasteiger partial charge in [-0.1, -0.05) is 17.7 Å². The van der Waals surface area contributed by atoms with Gasteiger partial charge in [-0.05, 0) is 48.7 Å². The fourth-order valence-electron chi connectivity index (χ4n) is 2.33. The summed E-state index contributed by atoms with van der Waals surface area (Å²) in [5, 5.41) is 3.44. The molecule has 1 heterocycles. The number of fused-ring (bicyclic) bond motifs is 1. The standard InChI is InChI=1S/C18H13ClFNO3S/c1-2-24-18(23)15-9-10-8-11(6-7-14(10)25-15)21-17(22)16-12(19)4-3-5-13(16)20/h3-9H,2H2,1H3,(H,21,22). The van der Waals surface area contributed by atoms with Crippen molar-refractivity contribution < 1.29 is 18.7 Å². The molecule has 0 unspecified atom stereocenters. The molecule has 0 aliphatic heterocycles. The van der Waals surface area contributed by atoms with Gasteiger partial charge in [-0.2, -0.15) is 0 Å². The van der Waals surface area contributed by atoms with Gasteiger partial charge in [-0.25, -0.2) is 9.18 Å². The third kappa shape index (κ3) is 3.65. The van der Waals surface area contributed by atoms with Crippen molar-refractivity contribution in [2.75, 3.05) is 11.9 Å². The maximum Gasteiger partial charge on any atom is 0.348 e.